The van der Waals surface area contributed by atoms with Crippen LogP contribution in [0.3, 0.4) is 0 Å². The van der Waals surface area contributed by atoms with Gasteiger partial charge in [-0.15, -0.1) is 0 Å². The Kier molecular flexibility index (Phi) is 10.2. The summed E-state index contributed by atoms with van der Waals surface area (Å²) in [6, 6.07) is 8.73. The Morgan fingerprint density at radius 3 is 2.39 bits per heavy atom. The maximum absolute atomic E-state index is 15.5. The molecule has 15 nitrogen and oxygen atoms in total. The Balaban J connectivity index is 0.725. The highest BCUT2D eigenvalue weighted by Crippen LogP contribution is 2.53. The molecule has 0 radical (unpaired) electrons. The molecule has 5 amide bonds. The van der Waals surface area contributed by atoms with Crippen LogP contribution in [0.2, 0.25) is 5.02 Å². The molecule has 4 aliphatic heterocycles. The van der Waals surface area contributed by atoms with E-state index in [1.54, 1.807) is 24.4 Å². The smallest absolute Gasteiger partial charge is 0.271 e. The van der Waals surface area contributed by atoms with Crippen molar-refractivity contribution in [1.82, 2.24) is 30.4 Å². The molecular weight excluding hydrogens is 781 g/mol. The lowest BCUT2D eigenvalue weighted by molar-refractivity contribution is -0.136. The molecule has 306 valence electrons. The fraction of sp³-hybridized carbons (Fsp3) is 0.476. The number of fused-ring (bicyclic) bond motifs is 2. The number of anilines is 2. The van der Waals surface area contributed by atoms with Crippen molar-refractivity contribution in [3.8, 4) is 11.8 Å². The van der Waals surface area contributed by atoms with Crippen molar-refractivity contribution in [3.63, 3.8) is 0 Å². The van der Waals surface area contributed by atoms with Crippen LogP contribution in [0.15, 0.2) is 42.7 Å². The molecule has 1 aromatic heterocycles. The minimum atomic E-state index is -1.10. The molecule has 5 atom stereocenters. The number of carbonyl (C=O) groups excluding carboxylic acids is 5. The number of hydrogen-bond acceptors (Lipinski definition) is 12. The normalized spacial score (nSPS) is 27.9. The number of rotatable bonds is 9. The molecule has 2 N–H and O–H groups in total. The zero-order valence-corrected chi connectivity index (χ0v) is 33.2. The van der Waals surface area contributed by atoms with Crippen LogP contribution in [0.4, 0.5) is 15.9 Å². The van der Waals surface area contributed by atoms with Crippen LogP contribution in [0.1, 0.15) is 82.2 Å². The number of nitriles is 1. The van der Waals surface area contributed by atoms with E-state index in [-0.39, 0.29) is 59.4 Å². The van der Waals surface area contributed by atoms with Crippen molar-refractivity contribution in [2.75, 3.05) is 49.1 Å². The summed E-state index contributed by atoms with van der Waals surface area (Å²) in [5.41, 5.74) is 0.984. The standard InChI is InChI=1S/C42H43ClFN9O6/c1-22-18-50(10-11-52(22)37-17-46-34(16-47-37)39(55)48-24-3-6-25(7-4-24)59-26-5-2-23(15-45)32(43)12-26)19-29-30-20-51(21-31(29)30)36-14-28-27(13-33(36)44)41(57)53(42(28)58)35-8-9-38(54)49-40(35)56/h2,5,12-14,16-17,22,24-25,29-31,35H,3-4,6-11,18-21H2,1H3,(H,48,55)(H,49,54,56)/t22-,24?,25?,29?,30-,31+,35?/m1/s1. The summed E-state index contributed by atoms with van der Waals surface area (Å²) in [4.78, 5) is 80.2. The van der Waals surface area contributed by atoms with Crippen LogP contribution in [-0.2, 0) is 9.59 Å². The number of nitrogens with zero attached hydrogens (tertiary/aromatic N) is 7. The first-order chi connectivity index (χ1) is 28.4. The fourth-order valence-electron chi connectivity index (χ4n) is 9.70. The van der Waals surface area contributed by atoms with E-state index in [2.05, 4.69) is 37.3 Å². The highest BCUT2D eigenvalue weighted by Gasteiger charge is 2.56. The van der Waals surface area contributed by atoms with Crippen LogP contribution in [0.25, 0.3) is 0 Å². The summed E-state index contributed by atoms with van der Waals surface area (Å²) in [6.07, 6.45) is 6.34. The number of carbonyl (C=O) groups is 5. The number of aromatic nitrogens is 2. The van der Waals surface area contributed by atoms with Crippen LogP contribution in [-0.4, -0.2) is 113 Å². The lowest BCUT2D eigenvalue weighted by Gasteiger charge is -2.40. The molecule has 2 saturated carbocycles. The van der Waals surface area contributed by atoms with Crippen LogP contribution in [0, 0.1) is 34.9 Å². The second-order valence-corrected chi connectivity index (χ2v) is 17.0. The van der Waals surface area contributed by atoms with Crippen molar-refractivity contribution in [2.45, 2.75) is 69.7 Å². The SMILES string of the molecule is C[C@@H]1CN(CC2[C@H]3CN(c4cc5c(cc4F)C(=O)N(C4CCC(=O)NC4=O)C5=O)C[C@@H]23)CCN1c1cnc(C(=O)NC2CCC(Oc3ccc(C#N)c(Cl)c3)CC2)cn1. The second kappa shape index (κ2) is 15.5. The molecule has 3 saturated heterocycles. The second-order valence-electron chi connectivity index (χ2n) is 16.6. The van der Waals surface area contributed by atoms with Gasteiger partial charge in [0, 0.05) is 63.8 Å². The Bertz CT molecular complexity index is 2270. The van der Waals surface area contributed by atoms with Crippen molar-refractivity contribution >= 4 is 52.6 Å². The maximum atomic E-state index is 15.5. The number of imide groups is 2. The van der Waals surface area contributed by atoms with Gasteiger partial charge in [-0.3, -0.25) is 39.1 Å². The number of benzene rings is 2. The van der Waals surface area contributed by atoms with Gasteiger partial charge in [-0.25, -0.2) is 14.4 Å². The van der Waals surface area contributed by atoms with E-state index in [9.17, 15) is 24.0 Å². The summed E-state index contributed by atoms with van der Waals surface area (Å²) in [6.45, 7) is 6.85. The molecular formula is C42H43ClFN9O6. The number of halogens is 2. The first kappa shape index (κ1) is 38.8. The number of amides is 5. The van der Waals surface area contributed by atoms with E-state index in [4.69, 9.17) is 21.6 Å². The zero-order chi connectivity index (χ0) is 41.1. The van der Waals surface area contributed by atoms with E-state index in [0.717, 1.165) is 68.6 Å². The summed E-state index contributed by atoms with van der Waals surface area (Å²) in [5.74, 6) is -0.713. The lowest BCUT2D eigenvalue weighted by Crippen LogP contribution is -2.54. The number of piperazine rings is 1. The molecule has 5 heterocycles. The van der Waals surface area contributed by atoms with Gasteiger partial charge in [0.1, 0.15) is 35.2 Å². The summed E-state index contributed by atoms with van der Waals surface area (Å²) >= 11 is 6.15. The zero-order valence-electron chi connectivity index (χ0n) is 32.4. The molecule has 5 fully saturated rings. The van der Waals surface area contributed by atoms with E-state index in [1.165, 1.54) is 12.3 Å². The highest BCUT2D eigenvalue weighted by molar-refractivity contribution is 6.31. The maximum Gasteiger partial charge on any atom is 0.271 e. The highest BCUT2D eigenvalue weighted by atomic mass is 35.5. The topological polar surface area (TPSA) is 181 Å². The van der Waals surface area contributed by atoms with E-state index < -0.39 is 35.5 Å². The van der Waals surface area contributed by atoms with Crippen molar-refractivity contribution in [1.29, 1.82) is 5.26 Å². The summed E-state index contributed by atoms with van der Waals surface area (Å²) in [7, 11) is 0. The van der Waals surface area contributed by atoms with Crippen molar-refractivity contribution in [3.05, 3.63) is 75.9 Å². The number of hydrogen-bond donors (Lipinski definition) is 2. The van der Waals surface area contributed by atoms with Gasteiger partial charge in [0.15, 0.2) is 0 Å². The molecule has 6 aliphatic rings. The number of piperidine rings is 2. The Labute approximate surface area is 344 Å². The molecule has 2 unspecified atom stereocenters. The fourth-order valence-corrected chi connectivity index (χ4v) is 9.91. The van der Waals surface area contributed by atoms with Gasteiger partial charge in [-0.05, 0) is 81.0 Å². The predicted molar refractivity (Wildman–Crippen MR) is 211 cm³/mol. The van der Waals surface area contributed by atoms with Gasteiger partial charge >= 0.3 is 0 Å². The minimum absolute atomic E-state index is 0.00286. The van der Waals surface area contributed by atoms with Crippen LogP contribution < -0.4 is 25.2 Å². The monoisotopic (exact) mass is 823 g/mol. The average molecular weight is 824 g/mol. The molecule has 59 heavy (non-hydrogen) atoms. The molecule has 9 rings (SSSR count). The van der Waals surface area contributed by atoms with Gasteiger partial charge in [0.05, 0.1) is 45.9 Å². The first-order valence-electron chi connectivity index (χ1n) is 20.2. The van der Waals surface area contributed by atoms with Gasteiger partial charge < -0.3 is 19.9 Å². The van der Waals surface area contributed by atoms with Gasteiger partial charge in [0.25, 0.3) is 17.7 Å². The largest absolute Gasteiger partial charge is 0.490 e. The third kappa shape index (κ3) is 7.46. The summed E-state index contributed by atoms with van der Waals surface area (Å²) in [5, 5.41) is 14.7. The molecule has 0 bridgehead atoms. The predicted octanol–water partition coefficient (Wildman–Crippen LogP) is 3.55. The lowest BCUT2D eigenvalue weighted by atomic mass is 9.93. The number of ether oxygens (including phenoxy) is 1. The Morgan fingerprint density at radius 2 is 1.73 bits per heavy atom. The Hall–Kier alpha value is -5.66. The average Bonchev–Trinajstić information content (AvgIpc) is 3.52. The van der Waals surface area contributed by atoms with E-state index >= 15 is 4.39 Å². The van der Waals surface area contributed by atoms with Crippen molar-refractivity contribution in [2.24, 2.45) is 17.8 Å². The summed E-state index contributed by atoms with van der Waals surface area (Å²) < 4.78 is 21.6. The van der Waals surface area contributed by atoms with E-state index in [1.807, 2.05) is 11.0 Å². The minimum Gasteiger partial charge on any atom is -0.490 e. The quantitative estimate of drug-likeness (QED) is 0.300. The van der Waals surface area contributed by atoms with Crippen LogP contribution in [0.5, 0.6) is 5.75 Å². The molecule has 0 spiro atoms. The van der Waals surface area contributed by atoms with E-state index in [0.29, 0.717) is 47.2 Å². The third-order valence-electron chi connectivity index (χ3n) is 12.9. The number of nitrogens with one attached hydrogen (secondary N) is 2. The molecule has 2 aliphatic carbocycles. The molecule has 3 aromatic rings. The molecule has 17 heteroatoms. The Morgan fingerprint density at radius 1 is 0.983 bits per heavy atom. The van der Waals surface area contributed by atoms with Crippen molar-refractivity contribution < 1.29 is 33.1 Å². The van der Waals surface area contributed by atoms with Crippen LogP contribution >= 0.6 is 11.6 Å². The molecule has 2 aromatic carbocycles. The third-order valence-corrected chi connectivity index (χ3v) is 13.3. The van der Waals surface area contributed by atoms with Gasteiger partial charge in [0.2, 0.25) is 11.8 Å². The van der Waals surface area contributed by atoms with Gasteiger partial charge in [-0.1, -0.05) is 11.6 Å². The first-order valence-corrected chi connectivity index (χ1v) is 20.6. The van der Waals surface area contributed by atoms with Gasteiger partial charge in [-0.2, -0.15) is 5.26 Å².